The minimum Gasteiger partial charge on any atom is -0.0990 e. The lowest BCUT2D eigenvalue weighted by Gasteiger charge is -2.12. The van der Waals surface area contributed by atoms with Gasteiger partial charge in [-0.15, -0.1) is 0 Å². The maximum atomic E-state index is 3.86. The smallest absolute Gasteiger partial charge is 0.00269 e. The molecule has 0 unspecified atom stereocenters. The van der Waals surface area contributed by atoms with E-state index in [9.17, 15) is 0 Å². The molecule has 0 N–H and O–H groups in total. The van der Waals surface area contributed by atoms with Gasteiger partial charge < -0.3 is 0 Å². The zero-order chi connectivity index (χ0) is 14.7. The highest BCUT2D eigenvalue weighted by Gasteiger charge is 2.09. The highest BCUT2D eigenvalue weighted by atomic mass is 14.1. The van der Waals surface area contributed by atoms with Crippen LogP contribution in [0.25, 0.3) is 27.1 Å². The molecule has 0 aliphatic carbocycles. The Balaban J connectivity index is 2.50. The minimum atomic E-state index is 1.19. The summed E-state index contributed by atoms with van der Waals surface area (Å²) in [4.78, 5) is 0. The van der Waals surface area contributed by atoms with Crippen LogP contribution in [0.1, 0.15) is 12.5 Å². The first-order valence-electron chi connectivity index (χ1n) is 7.21. The van der Waals surface area contributed by atoms with Gasteiger partial charge in [0.2, 0.25) is 0 Å². The molecular formula is C21H18. The van der Waals surface area contributed by atoms with Crippen LogP contribution in [-0.2, 0) is 0 Å². The standard InChI is InChI=1S/C21H18/c1-3-9-16(10-4-2)21-19-13-7-5-11-17(19)15-18-12-6-8-14-20(18)21/h3-15H,1H2,2H3/b10-4-,16-9+. The van der Waals surface area contributed by atoms with Crippen molar-refractivity contribution >= 4 is 27.1 Å². The highest BCUT2D eigenvalue weighted by Crippen LogP contribution is 2.34. The van der Waals surface area contributed by atoms with Gasteiger partial charge >= 0.3 is 0 Å². The largest absolute Gasteiger partial charge is 0.0990 e. The van der Waals surface area contributed by atoms with Crippen molar-refractivity contribution in [3.63, 3.8) is 0 Å². The molecule has 0 saturated heterocycles. The summed E-state index contributed by atoms with van der Waals surface area (Å²) in [5.74, 6) is 0. The van der Waals surface area contributed by atoms with Crippen LogP contribution in [0, 0.1) is 0 Å². The first kappa shape index (κ1) is 13.4. The van der Waals surface area contributed by atoms with E-state index in [2.05, 4.69) is 79.4 Å². The fourth-order valence-electron chi connectivity index (χ4n) is 2.85. The van der Waals surface area contributed by atoms with Gasteiger partial charge in [-0.3, -0.25) is 0 Å². The maximum absolute atomic E-state index is 3.86. The molecule has 21 heavy (non-hydrogen) atoms. The number of benzene rings is 3. The van der Waals surface area contributed by atoms with Crippen molar-refractivity contribution in [1.29, 1.82) is 0 Å². The number of allylic oxidation sites excluding steroid dienone is 5. The second-order valence-electron chi connectivity index (χ2n) is 5.05. The van der Waals surface area contributed by atoms with Crippen LogP contribution < -0.4 is 0 Å². The summed E-state index contributed by atoms with van der Waals surface area (Å²) in [5, 5.41) is 5.10. The van der Waals surface area contributed by atoms with Crippen molar-refractivity contribution in [1.82, 2.24) is 0 Å². The van der Waals surface area contributed by atoms with Crippen LogP contribution in [0.2, 0.25) is 0 Å². The fraction of sp³-hybridized carbons (Fsp3) is 0.0476. The number of fused-ring (bicyclic) bond motifs is 2. The topological polar surface area (TPSA) is 0 Å². The average molecular weight is 270 g/mol. The van der Waals surface area contributed by atoms with E-state index in [0.29, 0.717) is 0 Å². The summed E-state index contributed by atoms with van der Waals surface area (Å²) in [7, 11) is 0. The Labute approximate surface area is 125 Å². The molecule has 0 nitrogen and oxygen atoms in total. The Morgan fingerprint density at radius 3 is 2.00 bits per heavy atom. The Kier molecular flexibility index (Phi) is 3.70. The highest BCUT2D eigenvalue weighted by molar-refractivity contribution is 6.10. The molecule has 0 amide bonds. The summed E-state index contributed by atoms with van der Waals surface area (Å²) < 4.78 is 0. The molecular weight excluding hydrogens is 252 g/mol. The number of hydrogen-bond donors (Lipinski definition) is 0. The van der Waals surface area contributed by atoms with E-state index in [0.717, 1.165) is 0 Å². The Morgan fingerprint density at radius 1 is 0.905 bits per heavy atom. The van der Waals surface area contributed by atoms with E-state index < -0.39 is 0 Å². The molecule has 0 fully saturated rings. The van der Waals surface area contributed by atoms with Gasteiger partial charge in [0, 0.05) is 0 Å². The molecule has 3 rings (SSSR count). The van der Waals surface area contributed by atoms with Gasteiger partial charge in [-0.2, -0.15) is 0 Å². The van der Waals surface area contributed by atoms with Gasteiger partial charge in [-0.25, -0.2) is 0 Å². The maximum Gasteiger partial charge on any atom is -0.00269 e. The third kappa shape index (κ3) is 2.41. The lowest BCUT2D eigenvalue weighted by Crippen LogP contribution is -1.88. The Morgan fingerprint density at radius 2 is 1.48 bits per heavy atom. The zero-order valence-corrected chi connectivity index (χ0v) is 12.2. The average Bonchev–Trinajstić information content (AvgIpc) is 2.52. The zero-order valence-electron chi connectivity index (χ0n) is 12.2. The second kappa shape index (κ2) is 5.80. The normalized spacial score (nSPS) is 12.3. The Hall–Kier alpha value is -2.60. The summed E-state index contributed by atoms with van der Waals surface area (Å²) in [6.45, 7) is 5.90. The summed E-state index contributed by atoms with van der Waals surface area (Å²) in [6.07, 6.45) is 8.15. The minimum absolute atomic E-state index is 1.19. The van der Waals surface area contributed by atoms with Crippen LogP contribution in [0.3, 0.4) is 0 Å². The predicted molar refractivity (Wildman–Crippen MR) is 94.4 cm³/mol. The van der Waals surface area contributed by atoms with Crippen molar-refractivity contribution in [2.75, 3.05) is 0 Å². The first-order chi connectivity index (χ1) is 10.3. The van der Waals surface area contributed by atoms with E-state index in [4.69, 9.17) is 0 Å². The van der Waals surface area contributed by atoms with Crippen molar-refractivity contribution in [3.8, 4) is 0 Å². The molecule has 0 aromatic heterocycles. The van der Waals surface area contributed by atoms with Crippen LogP contribution in [0.15, 0.2) is 85.5 Å². The number of hydrogen-bond acceptors (Lipinski definition) is 0. The van der Waals surface area contributed by atoms with Crippen molar-refractivity contribution in [2.45, 2.75) is 6.92 Å². The predicted octanol–water partition coefficient (Wildman–Crippen LogP) is 6.14. The monoisotopic (exact) mass is 270 g/mol. The lowest BCUT2D eigenvalue weighted by atomic mass is 9.91. The molecule has 0 aliphatic rings. The van der Waals surface area contributed by atoms with E-state index >= 15 is 0 Å². The molecule has 102 valence electrons. The van der Waals surface area contributed by atoms with Crippen LogP contribution in [-0.4, -0.2) is 0 Å². The van der Waals surface area contributed by atoms with Crippen LogP contribution in [0.5, 0.6) is 0 Å². The molecule has 3 aromatic rings. The SMILES string of the molecule is C=C/C=C(\C=C/C)c1c2ccccc2cc2ccccc12. The third-order valence-electron chi connectivity index (χ3n) is 3.70. The molecule has 0 radical (unpaired) electrons. The third-order valence-corrected chi connectivity index (χ3v) is 3.70. The summed E-state index contributed by atoms with van der Waals surface area (Å²) in [6, 6.07) is 19.4. The van der Waals surface area contributed by atoms with Gasteiger partial charge in [-0.05, 0) is 45.7 Å². The van der Waals surface area contributed by atoms with Crippen LogP contribution in [0.4, 0.5) is 0 Å². The molecule has 0 bridgehead atoms. The van der Waals surface area contributed by atoms with Gasteiger partial charge in [0.1, 0.15) is 0 Å². The molecule has 0 aliphatic heterocycles. The molecule has 3 aromatic carbocycles. The van der Waals surface area contributed by atoms with Gasteiger partial charge in [0.15, 0.2) is 0 Å². The van der Waals surface area contributed by atoms with Gasteiger partial charge in [-0.1, -0.05) is 79.4 Å². The molecule has 0 spiro atoms. The second-order valence-corrected chi connectivity index (χ2v) is 5.05. The number of rotatable bonds is 3. The van der Waals surface area contributed by atoms with E-state index in [1.807, 2.05) is 13.0 Å². The van der Waals surface area contributed by atoms with Crippen LogP contribution >= 0.6 is 0 Å². The van der Waals surface area contributed by atoms with E-state index in [1.54, 1.807) is 0 Å². The van der Waals surface area contributed by atoms with Crippen molar-refractivity contribution in [3.05, 3.63) is 91.0 Å². The van der Waals surface area contributed by atoms with E-state index in [1.165, 1.54) is 32.7 Å². The fourth-order valence-corrected chi connectivity index (χ4v) is 2.85. The molecule has 0 heteroatoms. The molecule has 0 atom stereocenters. The molecule has 0 heterocycles. The van der Waals surface area contributed by atoms with Crippen molar-refractivity contribution in [2.24, 2.45) is 0 Å². The summed E-state index contributed by atoms with van der Waals surface area (Å²) >= 11 is 0. The van der Waals surface area contributed by atoms with E-state index in [-0.39, 0.29) is 0 Å². The molecule has 0 saturated carbocycles. The first-order valence-corrected chi connectivity index (χ1v) is 7.21. The van der Waals surface area contributed by atoms with Crippen molar-refractivity contribution < 1.29 is 0 Å². The summed E-state index contributed by atoms with van der Waals surface area (Å²) in [5.41, 5.74) is 2.47. The quantitative estimate of drug-likeness (QED) is 0.396. The van der Waals surface area contributed by atoms with Gasteiger partial charge in [0.25, 0.3) is 0 Å². The Bertz CT molecular complexity index is 809. The lowest BCUT2D eigenvalue weighted by molar-refractivity contribution is 1.68. The van der Waals surface area contributed by atoms with Gasteiger partial charge in [0.05, 0.1) is 0 Å².